The van der Waals surface area contributed by atoms with Crippen molar-refractivity contribution >= 4 is 46.1 Å². The van der Waals surface area contributed by atoms with Gasteiger partial charge in [-0.1, -0.05) is 112 Å². The van der Waals surface area contributed by atoms with E-state index in [-0.39, 0.29) is 5.41 Å². The molecule has 1 unspecified atom stereocenters. The summed E-state index contributed by atoms with van der Waals surface area (Å²) in [6.07, 6.45) is 16.2. The molecule has 1 saturated heterocycles. The van der Waals surface area contributed by atoms with Crippen LogP contribution in [0.1, 0.15) is 80.2 Å². The molecule has 0 N–H and O–H groups in total. The molecule has 1 aliphatic carbocycles. The lowest BCUT2D eigenvalue weighted by Gasteiger charge is -2.40. The highest BCUT2D eigenvalue weighted by Crippen LogP contribution is 2.61. The monoisotopic (exact) mass is 711 g/mol. The lowest BCUT2D eigenvalue weighted by atomic mass is 9.68. The minimum absolute atomic E-state index is 0.0613. The average Bonchev–Trinajstić information content (AvgIpc) is 3.49. The van der Waals surface area contributed by atoms with Gasteiger partial charge in [0.25, 0.3) is 0 Å². The second-order valence-electron chi connectivity index (χ2n) is 14.3. The zero-order chi connectivity index (χ0) is 35.0. The number of thioether (sulfide) groups is 2. The number of rotatable bonds is 11. The van der Waals surface area contributed by atoms with Crippen LogP contribution in [-0.4, -0.2) is 38.8 Å². The fourth-order valence-corrected chi connectivity index (χ4v) is 10.5. The minimum atomic E-state index is -0.780. The van der Waals surface area contributed by atoms with Crippen molar-refractivity contribution in [1.29, 1.82) is 0 Å². The van der Waals surface area contributed by atoms with Gasteiger partial charge >= 0.3 is 0 Å². The first-order chi connectivity index (χ1) is 25.1. The van der Waals surface area contributed by atoms with Crippen molar-refractivity contribution in [2.24, 2.45) is 0 Å². The van der Waals surface area contributed by atoms with Crippen molar-refractivity contribution in [2.45, 2.75) is 73.2 Å². The molecule has 1 atom stereocenters. The fourth-order valence-electron chi connectivity index (χ4n) is 9.00. The number of anilines is 1. The van der Waals surface area contributed by atoms with Crippen LogP contribution in [0.15, 0.2) is 107 Å². The van der Waals surface area contributed by atoms with Crippen LogP contribution in [0.3, 0.4) is 0 Å². The maximum Gasteiger partial charge on any atom is 0.178 e. The molecule has 5 aromatic rings. The quantitative estimate of drug-likeness (QED) is 0.127. The first-order valence-corrected chi connectivity index (χ1v) is 21.3. The first kappa shape index (κ1) is 34.4. The molecule has 3 aliphatic rings. The SMILES string of the molecule is CCCCC1(CCCC)c2ccccc2-c2c1c1c(c3cc(SC)c(SC)cc23)OC(c2ccccc2)(c2ccc(N3CCOCC3)cc2)C=C1. The normalized spacial score (nSPS) is 18.7. The van der Waals surface area contributed by atoms with E-state index in [1.807, 2.05) is 23.5 Å². The van der Waals surface area contributed by atoms with Crippen molar-refractivity contribution in [1.82, 2.24) is 0 Å². The summed E-state index contributed by atoms with van der Waals surface area (Å²) in [4.78, 5) is 5.04. The van der Waals surface area contributed by atoms with E-state index in [1.165, 1.54) is 79.8 Å². The fraction of sp³-hybridized carbons (Fsp3) is 0.348. The van der Waals surface area contributed by atoms with Crippen LogP contribution in [0.2, 0.25) is 0 Å². The van der Waals surface area contributed by atoms with E-state index in [9.17, 15) is 0 Å². The maximum absolute atomic E-state index is 7.75. The van der Waals surface area contributed by atoms with Gasteiger partial charge in [-0.05, 0) is 83.3 Å². The van der Waals surface area contributed by atoms with Gasteiger partial charge in [-0.25, -0.2) is 0 Å². The molecule has 0 radical (unpaired) electrons. The lowest BCUT2D eigenvalue weighted by molar-refractivity contribution is 0.122. The zero-order valence-corrected chi connectivity index (χ0v) is 32.1. The third kappa shape index (κ3) is 5.71. The summed E-state index contributed by atoms with van der Waals surface area (Å²) in [6.45, 7) is 8.05. The van der Waals surface area contributed by atoms with Gasteiger partial charge in [0, 0.05) is 56.1 Å². The highest BCUT2D eigenvalue weighted by molar-refractivity contribution is 8.01. The Bertz CT molecular complexity index is 2060. The molecular formula is C46H49NO2S2. The van der Waals surface area contributed by atoms with Gasteiger partial charge in [-0.3, -0.25) is 0 Å². The molecule has 5 heteroatoms. The van der Waals surface area contributed by atoms with Gasteiger partial charge in [0.2, 0.25) is 0 Å². The van der Waals surface area contributed by atoms with Gasteiger partial charge in [-0.2, -0.15) is 0 Å². The van der Waals surface area contributed by atoms with Crippen LogP contribution in [0.25, 0.3) is 28.0 Å². The summed E-state index contributed by atoms with van der Waals surface area (Å²) in [5.41, 5.74) is 9.75. The van der Waals surface area contributed by atoms with Gasteiger partial charge in [0.15, 0.2) is 5.60 Å². The standard InChI is InChI=1S/C46H49NO2S2/c1-5-7-23-45(24-8-6-2)39-17-13-12-16-35(39)42-37-30-40(50-3)41(51-4)31-38(37)44-36(43(42)45)22-25-46(49-44,32-14-10-9-11-15-32)33-18-20-34(21-19-33)47-26-28-48-29-27-47/h9-22,25,30-31H,5-8,23-24,26-29H2,1-4H3. The van der Waals surface area contributed by atoms with Crippen LogP contribution in [0.5, 0.6) is 5.75 Å². The van der Waals surface area contributed by atoms with E-state index in [4.69, 9.17) is 9.47 Å². The number of hydrogen-bond acceptors (Lipinski definition) is 5. The van der Waals surface area contributed by atoms with Crippen molar-refractivity contribution in [3.8, 4) is 16.9 Å². The first-order valence-electron chi connectivity index (χ1n) is 18.8. The number of nitrogens with zero attached hydrogens (tertiary/aromatic N) is 1. The van der Waals surface area contributed by atoms with Crippen molar-refractivity contribution in [2.75, 3.05) is 43.7 Å². The van der Waals surface area contributed by atoms with E-state index < -0.39 is 5.60 Å². The molecule has 0 bridgehead atoms. The summed E-state index contributed by atoms with van der Waals surface area (Å²) >= 11 is 3.67. The highest BCUT2D eigenvalue weighted by atomic mass is 32.2. The van der Waals surface area contributed by atoms with Crippen LogP contribution < -0.4 is 9.64 Å². The molecule has 2 heterocycles. The van der Waals surface area contributed by atoms with Gasteiger partial charge in [-0.15, -0.1) is 23.5 Å². The Morgan fingerprint density at radius 1 is 0.725 bits per heavy atom. The Hall–Kier alpha value is -3.64. The minimum Gasteiger partial charge on any atom is -0.472 e. The van der Waals surface area contributed by atoms with E-state index in [2.05, 4.69) is 134 Å². The number of unbranched alkanes of at least 4 members (excludes halogenated alkanes) is 2. The van der Waals surface area contributed by atoms with Gasteiger partial charge in [0.05, 0.1) is 13.2 Å². The Morgan fingerprint density at radius 3 is 2.02 bits per heavy atom. The summed E-state index contributed by atoms with van der Waals surface area (Å²) < 4.78 is 13.4. The number of fused-ring (bicyclic) bond motifs is 8. The number of hydrogen-bond donors (Lipinski definition) is 0. The molecule has 2 aliphatic heterocycles. The predicted octanol–water partition coefficient (Wildman–Crippen LogP) is 12.1. The second-order valence-corrected chi connectivity index (χ2v) is 16.0. The van der Waals surface area contributed by atoms with Crippen molar-refractivity contribution in [3.05, 3.63) is 125 Å². The Balaban J connectivity index is 1.41. The van der Waals surface area contributed by atoms with Crippen LogP contribution >= 0.6 is 23.5 Å². The molecule has 51 heavy (non-hydrogen) atoms. The van der Waals surface area contributed by atoms with E-state index in [0.717, 1.165) is 56.0 Å². The van der Waals surface area contributed by atoms with Crippen molar-refractivity contribution < 1.29 is 9.47 Å². The predicted molar refractivity (Wildman–Crippen MR) is 219 cm³/mol. The molecular weight excluding hydrogens is 663 g/mol. The number of morpholine rings is 1. The van der Waals surface area contributed by atoms with E-state index in [1.54, 1.807) is 0 Å². The molecule has 262 valence electrons. The molecule has 0 spiro atoms. The second kappa shape index (κ2) is 14.4. The molecule has 3 nitrogen and oxygen atoms in total. The van der Waals surface area contributed by atoms with Crippen LogP contribution in [0.4, 0.5) is 5.69 Å². The van der Waals surface area contributed by atoms with Gasteiger partial charge in [0.1, 0.15) is 5.75 Å². The smallest absolute Gasteiger partial charge is 0.178 e. The third-order valence-corrected chi connectivity index (χ3v) is 13.2. The zero-order valence-electron chi connectivity index (χ0n) is 30.5. The molecule has 1 fully saturated rings. The summed E-state index contributed by atoms with van der Waals surface area (Å²) in [7, 11) is 0. The lowest BCUT2D eigenvalue weighted by Crippen LogP contribution is -2.37. The van der Waals surface area contributed by atoms with Gasteiger partial charge < -0.3 is 14.4 Å². The molecule has 0 aromatic heterocycles. The summed E-state index contributed by atoms with van der Waals surface area (Å²) in [5, 5.41) is 2.52. The van der Waals surface area contributed by atoms with Crippen LogP contribution in [0, 0.1) is 0 Å². The van der Waals surface area contributed by atoms with Crippen LogP contribution in [-0.2, 0) is 15.8 Å². The molecule has 5 aromatic carbocycles. The Morgan fingerprint density at radius 2 is 1.35 bits per heavy atom. The van der Waals surface area contributed by atoms with E-state index >= 15 is 0 Å². The third-order valence-electron chi connectivity index (χ3n) is 11.5. The highest BCUT2D eigenvalue weighted by Gasteiger charge is 2.47. The Kier molecular flexibility index (Phi) is 9.73. The molecule has 0 amide bonds. The summed E-state index contributed by atoms with van der Waals surface area (Å²) in [5.74, 6) is 1.01. The average molecular weight is 712 g/mol. The number of benzene rings is 5. The molecule has 0 saturated carbocycles. The summed E-state index contributed by atoms with van der Waals surface area (Å²) in [6, 6.07) is 34.1. The topological polar surface area (TPSA) is 21.7 Å². The molecule has 8 rings (SSSR count). The Labute approximate surface area is 312 Å². The van der Waals surface area contributed by atoms with E-state index in [0.29, 0.717) is 0 Å². The largest absolute Gasteiger partial charge is 0.472 e. The maximum atomic E-state index is 7.75. The van der Waals surface area contributed by atoms with Crippen molar-refractivity contribution in [3.63, 3.8) is 0 Å². The number of ether oxygens (including phenoxy) is 2.